The van der Waals surface area contributed by atoms with Gasteiger partial charge in [0.1, 0.15) is 11.4 Å². The molecule has 0 saturated heterocycles. The molecule has 1 N–H and O–H groups in total. The standard InChI is InChI=1S/C19H18N2O3/c1-13-10-15(6-8-17(13)23-2)19(22)21-12-14-5-7-16(20-11-14)18-4-3-9-24-18/h3-11H,12H2,1-2H3,(H,21,22). The Balaban J connectivity index is 1.63. The van der Waals surface area contributed by atoms with Gasteiger partial charge >= 0.3 is 0 Å². The van der Waals surface area contributed by atoms with Crippen molar-refractivity contribution >= 4 is 5.91 Å². The number of pyridine rings is 1. The van der Waals surface area contributed by atoms with Crippen LogP contribution in [0.15, 0.2) is 59.3 Å². The second-order valence-electron chi connectivity index (χ2n) is 5.40. The van der Waals surface area contributed by atoms with Gasteiger partial charge in [-0.05, 0) is 54.4 Å². The molecular formula is C19H18N2O3. The quantitative estimate of drug-likeness (QED) is 0.779. The Bertz CT molecular complexity index is 824. The number of carbonyl (C=O) groups excluding carboxylic acids is 1. The van der Waals surface area contributed by atoms with Gasteiger partial charge in [-0.1, -0.05) is 6.07 Å². The predicted molar refractivity (Wildman–Crippen MR) is 90.8 cm³/mol. The number of carbonyl (C=O) groups is 1. The largest absolute Gasteiger partial charge is 0.496 e. The molecule has 0 saturated carbocycles. The van der Waals surface area contributed by atoms with E-state index in [4.69, 9.17) is 9.15 Å². The molecule has 3 aromatic rings. The van der Waals surface area contributed by atoms with Crippen molar-refractivity contribution in [2.75, 3.05) is 7.11 Å². The van der Waals surface area contributed by atoms with E-state index in [1.54, 1.807) is 31.7 Å². The summed E-state index contributed by atoms with van der Waals surface area (Å²) in [6.45, 7) is 2.32. The van der Waals surface area contributed by atoms with Crippen molar-refractivity contribution in [3.63, 3.8) is 0 Å². The smallest absolute Gasteiger partial charge is 0.251 e. The van der Waals surface area contributed by atoms with Gasteiger partial charge in [0.15, 0.2) is 5.76 Å². The number of furan rings is 1. The molecule has 0 fully saturated rings. The van der Waals surface area contributed by atoms with Gasteiger partial charge in [-0.25, -0.2) is 0 Å². The number of nitrogens with one attached hydrogen (secondary N) is 1. The lowest BCUT2D eigenvalue weighted by molar-refractivity contribution is 0.0950. The van der Waals surface area contributed by atoms with Crippen molar-refractivity contribution in [3.05, 3.63) is 71.6 Å². The van der Waals surface area contributed by atoms with Gasteiger partial charge in [0, 0.05) is 18.3 Å². The number of nitrogens with zero attached hydrogens (tertiary/aromatic N) is 1. The number of benzene rings is 1. The highest BCUT2D eigenvalue weighted by Gasteiger charge is 2.08. The van der Waals surface area contributed by atoms with Crippen LogP contribution in [0.2, 0.25) is 0 Å². The summed E-state index contributed by atoms with van der Waals surface area (Å²) < 4.78 is 10.5. The van der Waals surface area contributed by atoms with E-state index in [0.717, 1.165) is 28.3 Å². The van der Waals surface area contributed by atoms with Crippen molar-refractivity contribution in [2.45, 2.75) is 13.5 Å². The van der Waals surface area contributed by atoms with Crippen LogP contribution < -0.4 is 10.1 Å². The summed E-state index contributed by atoms with van der Waals surface area (Å²) >= 11 is 0. The fourth-order valence-electron chi connectivity index (χ4n) is 2.40. The van der Waals surface area contributed by atoms with Crippen LogP contribution in [-0.2, 0) is 6.54 Å². The molecule has 0 aliphatic carbocycles. The summed E-state index contributed by atoms with van der Waals surface area (Å²) in [6, 6.07) is 12.8. The molecule has 0 radical (unpaired) electrons. The molecule has 1 amide bonds. The summed E-state index contributed by atoms with van der Waals surface area (Å²) in [7, 11) is 1.61. The van der Waals surface area contributed by atoms with E-state index < -0.39 is 0 Å². The molecule has 3 rings (SSSR count). The molecule has 24 heavy (non-hydrogen) atoms. The summed E-state index contributed by atoms with van der Waals surface area (Å²) in [4.78, 5) is 16.6. The number of hydrogen-bond donors (Lipinski definition) is 1. The molecule has 0 unspecified atom stereocenters. The van der Waals surface area contributed by atoms with Gasteiger partial charge in [-0.15, -0.1) is 0 Å². The van der Waals surface area contributed by atoms with E-state index in [1.807, 2.05) is 37.3 Å². The third kappa shape index (κ3) is 3.46. The zero-order valence-electron chi connectivity index (χ0n) is 13.6. The zero-order valence-corrected chi connectivity index (χ0v) is 13.6. The molecule has 2 aromatic heterocycles. The van der Waals surface area contributed by atoms with Gasteiger partial charge in [0.05, 0.1) is 13.4 Å². The van der Waals surface area contributed by atoms with Crippen LogP contribution in [0, 0.1) is 6.92 Å². The molecular weight excluding hydrogens is 304 g/mol. The minimum Gasteiger partial charge on any atom is -0.496 e. The minimum absolute atomic E-state index is 0.129. The fourth-order valence-corrected chi connectivity index (χ4v) is 2.40. The van der Waals surface area contributed by atoms with Crippen LogP contribution in [-0.4, -0.2) is 18.0 Å². The highest BCUT2D eigenvalue weighted by molar-refractivity contribution is 5.94. The highest BCUT2D eigenvalue weighted by Crippen LogP contribution is 2.19. The molecule has 0 aliphatic heterocycles. The van der Waals surface area contributed by atoms with Crippen molar-refractivity contribution in [2.24, 2.45) is 0 Å². The Labute approximate surface area is 140 Å². The van der Waals surface area contributed by atoms with E-state index in [-0.39, 0.29) is 5.91 Å². The second-order valence-corrected chi connectivity index (χ2v) is 5.40. The molecule has 5 nitrogen and oxygen atoms in total. The number of ether oxygens (including phenoxy) is 1. The van der Waals surface area contributed by atoms with E-state index in [0.29, 0.717) is 12.1 Å². The average molecular weight is 322 g/mol. The molecule has 0 spiro atoms. The lowest BCUT2D eigenvalue weighted by atomic mass is 10.1. The molecule has 0 atom stereocenters. The maximum atomic E-state index is 12.2. The monoisotopic (exact) mass is 322 g/mol. The summed E-state index contributed by atoms with van der Waals surface area (Å²) in [5.41, 5.74) is 3.22. The van der Waals surface area contributed by atoms with E-state index >= 15 is 0 Å². The van der Waals surface area contributed by atoms with Crippen molar-refractivity contribution < 1.29 is 13.9 Å². The molecule has 2 heterocycles. The van der Waals surface area contributed by atoms with E-state index in [2.05, 4.69) is 10.3 Å². The van der Waals surface area contributed by atoms with Crippen LogP contribution in [0.4, 0.5) is 0 Å². The normalized spacial score (nSPS) is 10.4. The Morgan fingerprint density at radius 2 is 2.12 bits per heavy atom. The first kappa shape index (κ1) is 15.8. The van der Waals surface area contributed by atoms with E-state index in [9.17, 15) is 4.79 Å². The summed E-state index contributed by atoms with van der Waals surface area (Å²) in [6.07, 6.45) is 3.35. The maximum absolute atomic E-state index is 12.2. The number of aromatic nitrogens is 1. The topological polar surface area (TPSA) is 64.4 Å². The Hall–Kier alpha value is -3.08. The number of aryl methyl sites for hydroxylation is 1. The van der Waals surface area contributed by atoms with Crippen LogP contribution >= 0.6 is 0 Å². The molecule has 1 aromatic carbocycles. The first-order chi connectivity index (χ1) is 11.7. The first-order valence-corrected chi connectivity index (χ1v) is 7.59. The molecule has 0 aliphatic rings. The molecule has 0 bridgehead atoms. The third-order valence-corrected chi connectivity index (χ3v) is 3.71. The minimum atomic E-state index is -0.129. The van der Waals surface area contributed by atoms with Gasteiger partial charge < -0.3 is 14.5 Å². The molecule has 5 heteroatoms. The second kappa shape index (κ2) is 7.00. The van der Waals surface area contributed by atoms with Crippen molar-refractivity contribution in [3.8, 4) is 17.2 Å². The third-order valence-electron chi connectivity index (χ3n) is 3.71. The lowest BCUT2D eigenvalue weighted by Gasteiger charge is -2.08. The van der Waals surface area contributed by atoms with Crippen molar-refractivity contribution in [1.82, 2.24) is 10.3 Å². The summed E-state index contributed by atoms with van der Waals surface area (Å²) in [5.74, 6) is 1.36. The van der Waals surface area contributed by atoms with Crippen LogP contribution in [0.1, 0.15) is 21.5 Å². The van der Waals surface area contributed by atoms with Crippen molar-refractivity contribution in [1.29, 1.82) is 0 Å². The zero-order chi connectivity index (χ0) is 16.9. The van der Waals surface area contributed by atoms with Gasteiger partial charge in [0.25, 0.3) is 5.91 Å². The van der Waals surface area contributed by atoms with Gasteiger partial charge in [-0.3, -0.25) is 9.78 Å². The average Bonchev–Trinajstić information content (AvgIpc) is 3.14. The predicted octanol–water partition coefficient (Wildman–Crippen LogP) is 3.59. The maximum Gasteiger partial charge on any atom is 0.251 e. The number of methoxy groups -OCH3 is 1. The van der Waals surface area contributed by atoms with Crippen LogP contribution in [0.3, 0.4) is 0 Å². The Morgan fingerprint density at radius 1 is 1.25 bits per heavy atom. The Kier molecular flexibility index (Phi) is 4.61. The lowest BCUT2D eigenvalue weighted by Crippen LogP contribution is -2.22. The Morgan fingerprint density at radius 3 is 2.75 bits per heavy atom. The molecule has 122 valence electrons. The van der Waals surface area contributed by atoms with Gasteiger partial charge in [0.2, 0.25) is 0 Å². The summed E-state index contributed by atoms with van der Waals surface area (Å²) in [5, 5.41) is 2.89. The number of hydrogen-bond acceptors (Lipinski definition) is 4. The van der Waals surface area contributed by atoms with Crippen LogP contribution in [0.25, 0.3) is 11.5 Å². The van der Waals surface area contributed by atoms with E-state index in [1.165, 1.54) is 0 Å². The highest BCUT2D eigenvalue weighted by atomic mass is 16.5. The fraction of sp³-hybridized carbons (Fsp3) is 0.158. The number of rotatable bonds is 5. The van der Waals surface area contributed by atoms with Crippen LogP contribution in [0.5, 0.6) is 5.75 Å². The number of amides is 1. The van der Waals surface area contributed by atoms with Gasteiger partial charge in [-0.2, -0.15) is 0 Å². The first-order valence-electron chi connectivity index (χ1n) is 7.59. The SMILES string of the molecule is COc1ccc(C(=O)NCc2ccc(-c3ccco3)nc2)cc1C.